The van der Waals surface area contributed by atoms with E-state index in [0.717, 1.165) is 17.3 Å². The first-order valence-electron chi connectivity index (χ1n) is 6.38. The second-order valence-corrected chi connectivity index (χ2v) is 7.60. The Morgan fingerprint density at radius 1 is 1.14 bits per heavy atom. The van der Waals surface area contributed by atoms with E-state index in [9.17, 15) is 8.42 Å². The largest absolute Gasteiger partial charge is 0.240 e. The van der Waals surface area contributed by atoms with Gasteiger partial charge in [-0.25, -0.2) is 13.1 Å². The van der Waals surface area contributed by atoms with Crippen LogP contribution in [0.1, 0.15) is 10.8 Å². The third-order valence-electron chi connectivity index (χ3n) is 2.95. The van der Waals surface area contributed by atoms with Gasteiger partial charge >= 0.3 is 0 Å². The monoisotopic (exact) mass is 352 g/mol. The van der Waals surface area contributed by atoms with Gasteiger partial charge in [-0.3, -0.25) is 0 Å². The molecular formula is C15H13ClN2O2S2. The lowest BCUT2D eigenvalue weighted by molar-refractivity contribution is 0.581. The summed E-state index contributed by atoms with van der Waals surface area (Å²) in [5, 5.41) is 11.1. The predicted octanol–water partition coefficient (Wildman–Crippen LogP) is 3.57. The molecule has 4 nitrogen and oxygen atoms in total. The van der Waals surface area contributed by atoms with Crippen LogP contribution in [0, 0.1) is 10.7 Å². The number of thiocyanates is 1. The van der Waals surface area contributed by atoms with Crippen molar-refractivity contribution in [2.45, 2.75) is 10.1 Å². The van der Waals surface area contributed by atoms with Gasteiger partial charge in [0.2, 0.25) is 10.0 Å². The average molecular weight is 353 g/mol. The van der Waals surface area contributed by atoms with Crippen molar-refractivity contribution in [2.24, 2.45) is 0 Å². The quantitative estimate of drug-likeness (QED) is 0.807. The molecular weight excluding hydrogens is 340 g/mol. The molecule has 22 heavy (non-hydrogen) atoms. The molecule has 0 fully saturated rings. The van der Waals surface area contributed by atoms with Gasteiger partial charge in [-0.1, -0.05) is 41.9 Å². The number of nitrogens with zero attached hydrogens (tertiary/aromatic N) is 1. The van der Waals surface area contributed by atoms with Crippen LogP contribution in [0.15, 0.2) is 59.5 Å². The van der Waals surface area contributed by atoms with Crippen molar-refractivity contribution in [1.82, 2.24) is 4.72 Å². The van der Waals surface area contributed by atoms with Gasteiger partial charge in [0.1, 0.15) is 5.40 Å². The van der Waals surface area contributed by atoms with Gasteiger partial charge < -0.3 is 0 Å². The van der Waals surface area contributed by atoms with Gasteiger partial charge in [-0.2, -0.15) is 5.26 Å². The van der Waals surface area contributed by atoms with Crippen molar-refractivity contribution in [3.05, 3.63) is 65.2 Å². The molecule has 2 aromatic carbocycles. The third kappa shape index (κ3) is 4.49. The minimum Gasteiger partial charge on any atom is -0.210 e. The second kappa shape index (κ2) is 7.65. The minimum atomic E-state index is -3.63. The van der Waals surface area contributed by atoms with Gasteiger partial charge in [0.05, 0.1) is 10.1 Å². The molecule has 0 aliphatic heterocycles. The fourth-order valence-electron chi connectivity index (χ4n) is 1.84. The van der Waals surface area contributed by atoms with E-state index in [1.165, 1.54) is 24.3 Å². The normalized spacial score (nSPS) is 12.5. The molecule has 0 aromatic heterocycles. The molecule has 0 spiro atoms. The highest BCUT2D eigenvalue weighted by molar-refractivity contribution is 8.04. The summed E-state index contributed by atoms with van der Waals surface area (Å²) in [4.78, 5) is 0.144. The lowest BCUT2D eigenvalue weighted by Crippen LogP contribution is -2.27. The Morgan fingerprint density at radius 3 is 2.36 bits per heavy atom. The summed E-state index contributed by atoms with van der Waals surface area (Å²) >= 11 is 6.78. The van der Waals surface area contributed by atoms with Crippen LogP contribution in [0.4, 0.5) is 0 Å². The SMILES string of the molecule is N#CS[C@H](CNS(=O)(=O)c1ccc(Cl)cc1)c1ccccc1. The molecule has 114 valence electrons. The first-order chi connectivity index (χ1) is 10.5. The van der Waals surface area contributed by atoms with E-state index in [0.29, 0.717) is 5.02 Å². The molecule has 1 N–H and O–H groups in total. The Kier molecular flexibility index (Phi) is 5.86. The van der Waals surface area contributed by atoms with E-state index in [-0.39, 0.29) is 16.7 Å². The average Bonchev–Trinajstić information content (AvgIpc) is 2.53. The second-order valence-electron chi connectivity index (χ2n) is 4.41. The first-order valence-corrected chi connectivity index (χ1v) is 9.12. The third-order valence-corrected chi connectivity index (χ3v) is 5.47. The fourth-order valence-corrected chi connectivity index (χ4v) is 3.71. The zero-order valence-electron chi connectivity index (χ0n) is 11.4. The molecule has 0 aliphatic carbocycles. The number of nitriles is 1. The summed E-state index contributed by atoms with van der Waals surface area (Å²) < 4.78 is 27.0. The van der Waals surface area contributed by atoms with Crippen molar-refractivity contribution < 1.29 is 8.42 Å². The van der Waals surface area contributed by atoms with Crippen LogP contribution in [0.3, 0.4) is 0 Å². The lowest BCUT2D eigenvalue weighted by atomic mass is 10.1. The highest BCUT2D eigenvalue weighted by Gasteiger charge is 2.18. The van der Waals surface area contributed by atoms with Crippen LogP contribution in [0.2, 0.25) is 5.02 Å². The van der Waals surface area contributed by atoms with Crippen LogP contribution in [-0.2, 0) is 10.0 Å². The molecule has 0 amide bonds. The maximum atomic E-state index is 12.2. The maximum absolute atomic E-state index is 12.2. The number of hydrogen-bond donors (Lipinski definition) is 1. The number of thioether (sulfide) groups is 1. The Morgan fingerprint density at radius 2 is 1.77 bits per heavy atom. The molecule has 0 heterocycles. The first kappa shape index (κ1) is 16.8. The number of halogens is 1. The summed E-state index contributed by atoms with van der Waals surface area (Å²) in [6.45, 7) is 0.132. The maximum Gasteiger partial charge on any atom is 0.240 e. The van der Waals surface area contributed by atoms with E-state index in [2.05, 4.69) is 4.72 Å². The topological polar surface area (TPSA) is 70.0 Å². The van der Waals surface area contributed by atoms with Crippen LogP contribution >= 0.6 is 23.4 Å². The molecule has 0 saturated carbocycles. The standard InChI is InChI=1S/C15H13ClN2O2S2/c16-13-6-8-14(9-7-13)22(19,20)18-10-15(21-11-17)12-4-2-1-3-5-12/h1-9,15,18H,10H2/t15-/m1/s1. The highest BCUT2D eigenvalue weighted by Crippen LogP contribution is 2.27. The van der Waals surface area contributed by atoms with E-state index in [4.69, 9.17) is 16.9 Å². The Balaban J connectivity index is 2.12. The van der Waals surface area contributed by atoms with Crippen LogP contribution in [0.5, 0.6) is 0 Å². The molecule has 1 atom stereocenters. The van der Waals surface area contributed by atoms with Gasteiger partial charge in [0.25, 0.3) is 0 Å². The molecule has 2 aromatic rings. The van der Waals surface area contributed by atoms with E-state index >= 15 is 0 Å². The van der Waals surface area contributed by atoms with Crippen molar-refractivity contribution in [2.75, 3.05) is 6.54 Å². The zero-order chi connectivity index (χ0) is 16.0. The number of benzene rings is 2. The number of sulfonamides is 1. The molecule has 0 unspecified atom stereocenters. The Hall–Kier alpha value is -1.52. The number of hydrogen-bond acceptors (Lipinski definition) is 4. The smallest absolute Gasteiger partial charge is 0.210 e. The van der Waals surface area contributed by atoms with Crippen molar-refractivity contribution in [1.29, 1.82) is 5.26 Å². The minimum absolute atomic E-state index is 0.132. The predicted molar refractivity (Wildman–Crippen MR) is 89.0 cm³/mol. The Bertz CT molecular complexity index is 756. The van der Waals surface area contributed by atoms with Crippen LogP contribution < -0.4 is 4.72 Å². The summed E-state index contributed by atoms with van der Waals surface area (Å²) in [6.07, 6.45) is 0. The van der Waals surface area contributed by atoms with Crippen LogP contribution in [0.25, 0.3) is 0 Å². The summed E-state index contributed by atoms with van der Waals surface area (Å²) in [6, 6.07) is 15.2. The molecule has 2 rings (SSSR count). The molecule has 0 aliphatic rings. The van der Waals surface area contributed by atoms with Gasteiger partial charge in [0.15, 0.2) is 0 Å². The number of rotatable bonds is 6. The number of nitrogens with one attached hydrogen (secondary N) is 1. The van der Waals surface area contributed by atoms with E-state index in [1.54, 1.807) is 0 Å². The van der Waals surface area contributed by atoms with Crippen LogP contribution in [-0.4, -0.2) is 15.0 Å². The summed E-state index contributed by atoms with van der Waals surface area (Å²) in [5.41, 5.74) is 0.896. The van der Waals surface area contributed by atoms with Crippen molar-refractivity contribution in [3.63, 3.8) is 0 Å². The van der Waals surface area contributed by atoms with Crippen molar-refractivity contribution in [3.8, 4) is 5.40 Å². The van der Waals surface area contributed by atoms with Crippen molar-refractivity contribution >= 4 is 33.4 Å². The van der Waals surface area contributed by atoms with E-state index < -0.39 is 10.0 Å². The molecule has 0 saturated heterocycles. The molecule has 0 radical (unpaired) electrons. The molecule has 0 bridgehead atoms. The summed E-state index contributed by atoms with van der Waals surface area (Å²) in [7, 11) is -3.63. The highest BCUT2D eigenvalue weighted by atomic mass is 35.5. The fraction of sp³-hybridized carbons (Fsp3) is 0.133. The zero-order valence-corrected chi connectivity index (χ0v) is 13.8. The van der Waals surface area contributed by atoms with E-state index in [1.807, 2.05) is 35.7 Å². The van der Waals surface area contributed by atoms with Gasteiger partial charge in [-0.05, 0) is 41.6 Å². The van der Waals surface area contributed by atoms with Gasteiger partial charge in [-0.15, -0.1) is 0 Å². The summed E-state index contributed by atoms with van der Waals surface area (Å²) in [5.74, 6) is 0. The molecule has 7 heteroatoms. The Labute approximate surface area is 139 Å². The van der Waals surface area contributed by atoms with Gasteiger partial charge in [0, 0.05) is 11.6 Å². The lowest BCUT2D eigenvalue weighted by Gasteiger charge is -2.14.